The third-order valence-electron chi connectivity index (χ3n) is 2.32. The molecule has 0 saturated heterocycles. The van der Waals surface area contributed by atoms with E-state index in [2.05, 4.69) is 21.5 Å². The van der Waals surface area contributed by atoms with Crippen LogP contribution >= 0.6 is 0 Å². The van der Waals surface area contributed by atoms with Crippen LogP contribution in [0, 0.1) is 18.3 Å². The largest absolute Gasteiger partial charge is 0.367 e. The maximum absolute atomic E-state index is 8.89. The highest BCUT2D eigenvalue weighted by molar-refractivity contribution is 5.50. The number of hydrogen-bond donors (Lipinski definition) is 1. The lowest BCUT2D eigenvalue weighted by atomic mass is 10.3. The molecule has 0 aliphatic rings. The Labute approximate surface area is 99.7 Å². The molecule has 86 valence electrons. The number of aryl methyl sites for hydroxylation is 1. The minimum Gasteiger partial charge on any atom is -0.367 e. The summed E-state index contributed by atoms with van der Waals surface area (Å²) in [5.74, 6) is 0.624. The van der Waals surface area contributed by atoms with Crippen molar-refractivity contribution in [3.63, 3.8) is 0 Å². The molecule has 2 heterocycles. The Morgan fingerprint density at radius 3 is 3.12 bits per heavy atom. The normalized spacial score (nSPS) is 9.88. The lowest BCUT2D eigenvalue weighted by Gasteiger charge is -2.06. The molecule has 5 heteroatoms. The number of pyridine rings is 1. The molecule has 0 spiro atoms. The minimum absolute atomic E-state index is 0.559. The van der Waals surface area contributed by atoms with Crippen molar-refractivity contribution in [3.8, 4) is 6.07 Å². The number of anilines is 1. The zero-order valence-corrected chi connectivity index (χ0v) is 9.59. The van der Waals surface area contributed by atoms with Gasteiger partial charge in [-0.2, -0.15) is 10.4 Å². The molecule has 5 nitrogen and oxygen atoms in total. The summed E-state index contributed by atoms with van der Waals surface area (Å²) in [5.41, 5.74) is 1.70. The van der Waals surface area contributed by atoms with Crippen LogP contribution in [-0.4, -0.2) is 21.3 Å². The van der Waals surface area contributed by atoms with Gasteiger partial charge in [0.2, 0.25) is 0 Å². The van der Waals surface area contributed by atoms with Crippen LogP contribution in [0.3, 0.4) is 0 Å². The molecule has 0 aliphatic carbocycles. The van der Waals surface area contributed by atoms with E-state index in [4.69, 9.17) is 5.26 Å². The smallest absolute Gasteiger partial charge is 0.143 e. The number of rotatable bonds is 4. The second-order valence-corrected chi connectivity index (χ2v) is 3.72. The first-order valence-electron chi connectivity index (χ1n) is 5.37. The first-order valence-corrected chi connectivity index (χ1v) is 5.37. The fourth-order valence-corrected chi connectivity index (χ4v) is 1.51. The van der Waals surface area contributed by atoms with E-state index in [0.29, 0.717) is 17.9 Å². The van der Waals surface area contributed by atoms with Crippen LogP contribution in [-0.2, 0) is 6.54 Å². The van der Waals surface area contributed by atoms with E-state index < -0.39 is 0 Å². The molecule has 0 fully saturated rings. The first kappa shape index (κ1) is 11.1. The van der Waals surface area contributed by atoms with E-state index in [1.807, 2.05) is 24.0 Å². The second-order valence-electron chi connectivity index (χ2n) is 3.72. The van der Waals surface area contributed by atoms with Crippen LogP contribution in [0.15, 0.2) is 30.7 Å². The molecule has 17 heavy (non-hydrogen) atoms. The van der Waals surface area contributed by atoms with Gasteiger partial charge in [0, 0.05) is 18.9 Å². The highest BCUT2D eigenvalue weighted by atomic mass is 15.3. The zero-order valence-electron chi connectivity index (χ0n) is 9.59. The summed E-state index contributed by atoms with van der Waals surface area (Å²) in [4.78, 5) is 4.12. The molecule has 1 N–H and O–H groups in total. The lowest BCUT2D eigenvalue weighted by molar-refractivity contribution is 0.636. The van der Waals surface area contributed by atoms with Crippen molar-refractivity contribution < 1.29 is 0 Å². The minimum atomic E-state index is 0.559. The summed E-state index contributed by atoms with van der Waals surface area (Å²) in [5, 5.41) is 16.2. The van der Waals surface area contributed by atoms with Gasteiger partial charge in [-0.25, -0.2) is 4.98 Å². The number of nitrogens with one attached hydrogen (secondary N) is 1. The molecule has 0 atom stereocenters. The Kier molecular flexibility index (Phi) is 3.36. The van der Waals surface area contributed by atoms with Crippen molar-refractivity contribution in [2.75, 3.05) is 11.9 Å². The van der Waals surface area contributed by atoms with Crippen molar-refractivity contribution in [1.82, 2.24) is 14.8 Å². The molecule has 0 aliphatic heterocycles. The van der Waals surface area contributed by atoms with E-state index in [0.717, 1.165) is 12.1 Å². The van der Waals surface area contributed by atoms with Gasteiger partial charge in [0.15, 0.2) is 0 Å². The molecule has 0 saturated carbocycles. The molecule has 0 amide bonds. The third kappa shape index (κ3) is 2.82. The molecule has 2 rings (SSSR count). The van der Waals surface area contributed by atoms with E-state index in [-0.39, 0.29) is 0 Å². The van der Waals surface area contributed by atoms with E-state index >= 15 is 0 Å². The van der Waals surface area contributed by atoms with Crippen LogP contribution in [0.25, 0.3) is 0 Å². The van der Waals surface area contributed by atoms with Crippen LogP contribution < -0.4 is 5.32 Å². The van der Waals surface area contributed by atoms with Crippen molar-refractivity contribution >= 4 is 5.82 Å². The van der Waals surface area contributed by atoms with E-state index in [1.54, 1.807) is 18.3 Å². The highest BCUT2D eigenvalue weighted by Crippen LogP contribution is 2.08. The predicted octanol–water partition coefficient (Wildman–Crippen LogP) is 1.57. The summed E-state index contributed by atoms with van der Waals surface area (Å²) in [6, 6.07) is 5.59. The van der Waals surface area contributed by atoms with Gasteiger partial charge in [-0.1, -0.05) is 0 Å². The second kappa shape index (κ2) is 5.12. The average molecular weight is 227 g/mol. The number of nitriles is 1. The molecule has 0 bridgehead atoms. The molecule has 0 unspecified atom stereocenters. The van der Waals surface area contributed by atoms with Crippen molar-refractivity contribution in [3.05, 3.63) is 41.9 Å². The fourth-order valence-electron chi connectivity index (χ4n) is 1.51. The van der Waals surface area contributed by atoms with Crippen molar-refractivity contribution in [2.45, 2.75) is 13.5 Å². The molecular weight excluding hydrogens is 214 g/mol. The summed E-state index contributed by atoms with van der Waals surface area (Å²) >= 11 is 0. The third-order valence-corrected chi connectivity index (χ3v) is 2.32. The van der Waals surface area contributed by atoms with Gasteiger partial charge >= 0.3 is 0 Å². The Hall–Kier alpha value is -2.35. The Balaban J connectivity index is 1.92. The monoisotopic (exact) mass is 227 g/mol. The van der Waals surface area contributed by atoms with Gasteiger partial charge < -0.3 is 5.32 Å². The van der Waals surface area contributed by atoms with Gasteiger partial charge in [-0.15, -0.1) is 0 Å². The van der Waals surface area contributed by atoms with Gasteiger partial charge in [0.1, 0.15) is 11.9 Å². The standard InChI is InChI=1S/C12H13N5/c1-10-8-16-17(9-10)6-5-15-12-11(7-13)3-2-4-14-12/h2-4,8-9H,5-6H2,1H3,(H,14,15). The Morgan fingerprint density at radius 1 is 1.53 bits per heavy atom. The fraction of sp³-hybridized carbons (Fsp3) is 0.250. The predicted molar refractivity (Wildman–Crippen MR) is 64.4 cm³/mol. The summed E-state index contributed by atoms with van der Waals surface area (Å²) in [6.45, 7) is 3.44. The SMILES string of the molecule is Cc1cnn(CCNc2ncccc2C#N)c1. The number of hydrogen-bond acceptors (Lipinski definition) is 4. The summed E-state index contributed by atoms with van der Waals surface area (Å²) < 4.78 is 1.86. The van der Waals surface area contributed by atoms with Crippen molar-refractivity contribution in [1.29, 1.82) is 5.26 Å². The summed E-state index contributed by atoms with van der Waals surface area (Å²) in [7, 11) is 0. The first-order chi connectivity index (χ1) is 8.29. The van der Waals surface area contributed by atoms with Gasteiger partial charge in [0.05, 0.1) is 18.3 Å². The molecule has 2 aromatic rings. The topological polar surface area (TPSA) is 66.5 Å². The van der Waals surface area contributed by atoms with Gasteiger partial charge in [0.25, 0.3) is 0 Å². The molecule has 0 radical (unpaired) electrons. The average Bonchev–Trinajstić information content (AvgIpc) is 2.76. The Morgan fingerprint density at radius 2 is 2.41 bits per heavy atom. The number of nitrogens with zero attached hydrogens (tertiary/aromatic N) is 4. The van der Waals surface area contributed by atoms with Crippen LogP contribution in [0.2, 0.25) is 0 Å². The maximum Gasteiger partial charge on any atom is 0.143 e. The molecule has 2 aromatic heterocycles. The van der Waals surface area contributed by atoms with Crippen LogP contribution in [0.1, 0.15) is 11.1 Å². The Bertz CT molecular complexity index is 538. The van der Waals surface area contributed by atoms with Crippen LogP contribution in [0.4, 0.5) is 5.82 Å². The lowest BCUT2D eigenvalue weighted by Crippen LogP contribution is -2.12. The summed E-state index contributed by atoms with van der Waals surface area (Å²) in [6.07, 6.45) is 5.47. The molecular formula is C12H13N5. The van der Waals surface area contributed by atoms with Gasteiger partial charge in [-0.3, -0.25) is 4.68 Å². The van der Waals surface area contributed by atoms with Crippen LogP contribution in [0.5, 0.6) is 0 Å². The number of aromatic nitrogens is 3. The maximum atomic E-state index is 8.89. The zero-order chi connectivity index (χ0) is 12.1. The van der Waals surface area contributed by atoms with E-state index in [1.165, 1.54) is 0 Å². The highest BCUT2D eigenvalue weighted by Gasteiger charge is 2.01. The quantitative estimate of drug-likeness (QED) is 0.861. The van der Waals surface area contributed by atoms with E-state index in [9.17, 15) is 0 Å². The van der Waals surface area contributed by atoms with Gasteiger partial charge in [-0.05, 0) is 24.6 Å². The molecule has 0 aromatic carbocycles. The van der Waals surface area contributed by atoms with Crippen molar-refractivity contribution in [2.24, 2.45) is 0 Å².